The van der Waals surface area contributed by atoms with Crippen molar-refractivity contribution in [2.24, 2.45) is 5.10 Å². The van der Waals surface area contributed by atoms with Crippen molar-refractivity contribution in [1.29, 1.82) is 0 Å². The zero-order chi connectivity index (χ0) is 17.5. The third-order valence-corrected chi connectivity index (χ3v) is 3.50. The molecular formula is C17H18ClN3O3. The van der Waals surface area contributed by atoms with E-state index in [9.17, 15) is 9.90 Å². The van der Waals surface area contributed by atoms with Gasteiger partial charge in [0.25, 0.3) is 5.91 Å². The second-order valence-electron chi connectivity index (χ2n) is 5.01. The number of hydrogen-bond acceptors (Lipinski definition) is 5. The minimum atomic E-state index is -0.498. The molecule has 0 fully saturated rings. The first kappa shape index (κ1) is 17.6. The van der Waals surface area contributed by atoms with Crippen LogP contribution in [0.25, 0.3) is 0 Å². The van der Waals surface area contributed by atoms with Crippen LogP contribution in [-0.4, -0.2) is 30.4 Å². The molecule has 0 aliphatic rings. The first-order chi connectivity index (χ1) is 11.5. The Labute approximate surface area is 145 Å². The summed E-state index contributed by atoms with van der Waals surface area (Å²) in [6.07, 6.45) is 1.35. The number of hydrazone groups is 1. The van der Waals surface area contributed by atoms with Crippen LogP contribution in [0.1, 0.15) is 12.5 Å². The van der Waals surface area contributed by atoms with Gasteiger partial charge in [0.1, 0.15) is 6.04 Å². The zero-order valence-electron chi connectivity index (χ0n) is 13.3. The monoisotopic (exact) mass is 347 g/mol. The van der Waals surface area contributed by atoms with Crippen LogP contribution in [0.3, 0.4) is 0 Å². The second-order valence-corrected chi connectivity index (χ2v) is 5.44. The van der Waals surface area contributed by atoms with E-state index in [1.54, 1.807) is 49.4 Å². The smallest absolute Gasteiger partial charge is 0.262 e. The molecule has 0 spiro atoms. The van der Waals surface area contributed by atoms with Crippen LogP contribution < -0.4 is 15.5 Å². The predicted octanol–water partition coefficient (Wildman–Crippen LogP) is 3.00. The fourth-order valence-corrected chi connectivity index (χ4v) is 2.06. The van der Waals surface area contributed by atoms with Crippen LogP contribution in [-0.2, 0) is 4.79 Å². The molecule has 2 aromatic rings. The van der Waals surface area contributed by atoms with Gasteiger partial charge in [-0.05, 0) is 43.3 Å². The molecule has 0 saturated heterocycles. The Hall–Kier alpha value is -2.73. The number of methoxy groups -OCH3 is 1. The van der Waals surface area contributed by atoms with Crippen LogP contribution in [0.4, 0.5) is 5.69 Å². The zero-order valence-corrected chi connectivity index (χ0v) is 14.0. The summed E-state index contributed by atoms with van der Waals surface area (Å²) >= 11 is 5.82. The van der Waals surface area contributed by atoms with Crippen LogP contribution in [0.2, 0.25) is 5.02 Å². The summed E-state index contributed by atoms with van der Waals surface area (Å²) in [4.78, 5) is 12.0. The molecule has 6 nitrogen and oxygen atoms in total. The van der Waals surface area contributed by atoms with E-state index in [1.807, 2.05) is 0 Å². The van der Waals surface area contributed by atoms with E-state index in [1.165, 1.54) is 13.3 Å². The normalized spacial score (nSPS) is 12.0. The van der Waals surface area contributed by atoms with E-state index < -0.39 is 6.04 Å². The molecule has 24 heavy (non-hydrogen) atoms. The lowest BCUT2D eigenvalue weighted by Gasteiger charge is -2.13. The number of amides is 1. The lowest BCUT2D eigenvalue weighted by atomic mass is 10.2. The first-order valence-corrected chi connectivity index (χ1v) is 7.60. The number of nitrogens with one attached hydrogen (secondary N) is 2. The molecule has 2 aromatic carbocycles. The summed E-state index contributed by atoms with van der Waals surface area (Å²) in [7, 11) is 1.46. The highest BCUT2D eigenvalue weighted by atomic mass is 35.5. The number of halogens is 1. The Balaban J connectivity index is 1.93. The van der Waals surface area contributed by atoms with Crippen molar-refractivity contribution in [3.05, 3.63) is 53.1 Å². The lowest BCUT2D eigenvalue weighted by molar-refractivity contribution is -0.121. The molecule has 1 atom stereocenters. The van der Waals surface area contributed by atoms with Gasteiger partial charge < -0.3 is 15.2 Å². The molecule has 0 heterocycles. The van der Waals surface area contributed by atoms with Crippen molar-refractivity contribution < 1.29 is 14.6 Å². The SMILES string of the molecule is COc1cccc(/C=N\NC(=O)[C@H](C)Nc2ccc(Cl)cc2)c1O. The van der Waals surface area contributed by atoms with E-state index in [0.29, 0.717) is 16.3 Å². The lowest BCUT2D eigenvalue weighted by Crippen LogP contribution is -2.34. The molecule has 1 amide bonds. The first-order valence-electron chi connectivity index (χ1n) is 7.22. The number of aromatic hydroxyl groups is 1. The van der Waals surface area contributed by atoms with E-state index in [0.717, 1.165) is 5.69 Å². The Morgan fingerprint density at radius 1 is 1.29 bits per heavy atom. The second kappa shape index (κ2) is 8.21. The summed E-state index contributed by atoms with van der Waals surface area (Å²) in [5.41, 5.74) is 3.63. The maximum absolute atomic E-state index is 12.0. The maximum atomic E-state index is 12.0. The van der Waals surface area contributed by atoms with Gasteiger partial charge in [0.15, 0.2) is 11.5 Å². The van der Waals surface area contributed by atoms with Crippen molar-refractivity contribution >= 4 is 29.4 Å². The third-order valence-electron chi connectivity index (χ3n) is 3.25. The number of rotatable bonds is 6. The molecule has 0 unspecified atom stereocenters. The van der Waals surface area contributed by atoms with E-state index in [4.69, 9.17) is 16.3 Å². The Kier molecular flexibility index (Phi) is 6.03. The molecule has 0 bridgehead atoms. The highest BCUT2D eigenvalue weighted by Crippen LogP contribution is 2.27. The molecular weight excluding hydrogens is 330 g/mol. The van der Waals surface area contributed by atoms with E-state index >= 15 is 0 Å². The molecule has 0 aromatic heterocycles. The summed E-state index contributed by atoms with van der Waals surface area (Å²) in [5.74, 6) is -0.0167. The fourth-order valence-electron chi connectivity index (χ4n) is 1.93. The molecule has 0 aliphatic carbocycles. The number of carbonyl (C=O) groups excluding carboxylic acids is 1. The van der Waals surface area contributed by atoms with Gasteiger partial charge in [-0.1, -0.05) is 17.7 Å². The molecule has 7 heteroatoms. The van der Waals surface area contributed by atoms with Gasteiger partial charge in [0, 0.05) is 16.3 Å². The fraction of sp³-hybridized carbons (Fsp3) is 0.176. The number of phenols is 1. The highest BCUT2D eigenvalue weighted by molar-refractivity contribution is 6.30. The highest BCUT2D eigenvalue weighted by Gasteiger charge is 2.12. The largest absolute Gasteiger partial charge is 0.504 e. The van der Waals surface area contributed by atoms with Crippen LogP contribution in [0.5, 0.6) is 11.5 Å². The standard InChI is InChI=1S/C17H18ClN3O3/c1-11(20-14-8-6-13(18)7-9-14)17(23)21-19-10-12-4-3-5-15(24-2)16(12)22/h3-11,20,22H,1-2H3,(H,21,23)/b19-10-/t11-/m0/s1. The number of phenolic OH excluding ortho intramolecular Hbond substituents is 1. The van der Waals surface area contributed by atoms with Crippen LogP contribution in [0, 0.1) is 0 Å². The van der Waals surface area contributed by atoms with Crippen molar-refractivity contribution in [2.45, 2.75) is 13.0 Å². The van der Waals surface area contributed by atoms with Gasteiger partial charge in [-0.25, -0.2) is 5.43 Å². The van der Waals surface area contributed by atoms with Gasteiger partial charge in [-0.15, -0.1) is 0 Å². The number of para-hydroxylation sites is 1. The minimum absolute atomic E-state index is 0.0367. The quantitative estimate of drug-likeness (QED) is 0.554. The number of ether oxygens (including phenoxy) is 1. The average molecular weight is 348 g/mol. The predicted molar refractivity (Wildman–Crippen MR) is 94.9 cm³/mol. The summed E-state index contributed by atoms with van der Waals surface area (Å²) in [5, 5.41) is 17.4. The molecule has 126 valence electrons. The van der Waals surface area contributed by atoms with E-state index in [2.05, 4.69) is 15.8 Å². The molecule has 3 N–H and O–H groups in total. The molecule has 0 aliphatic heterocycles. The van der Waals surface area contributed by atoms with Gasteiger partial charge >= 0.3 is 0 Å². The molecule has 2 rings (SSSR count). The number of benzene rings is 2. The van der Waals surface area contributed by atoms with Gasteiger partial charge in [-0.2, -0.15) is 5.10 Å². The van der Waals surface area contributed by atoms with Gasteiger partial charge in [0.05, 0.1) is 13.3 Å². The van der Waals surface area contributed by atoms with Crippen molar-refractivity contribution in [3.8, 4) is 11.5 Å². The number of nitrogens with zero attached hydrogens (tertiary/aromatic N) is 1. The Bertz CT molecular complexity index is 732. The van der Waals surface area contributed by atoms with Crippen LogP contribution >= 0.6 is 11.6 Å². The maximum Gasteiger partial charge on any atom is 0.262 e. The topological polar surface area (TPSA) is 83.0 Å². The number of anilines is 1. The number of carbonyl (C=O) groups is 1. The molecule has 0 radical (unpaired) electrons. The van der Waals surface area contributed by atoms with Gasteiger partial charge in [-0.3, -0.25) is 4.79 Å². The van der Waals surface area contributed by atoms with Crippen molar-refractivity contribution in [3.63, 3.8) is 0 Å². The van der Waals surface area contributed by atoms with Crippen molar-refractivity contribution in [1.82, 2.24) is 5.43 Å². The summed E-state index contributed by atoms with van der Waals surface area (Å²) in [6.45, 7) is 1.71. The summed E-state index contributed by atoms with van der Waals surface area (Å²) in [6, 6.07) is 11.5. The average Bonchev–Trinajstić information content (AvgIpc) is 2.58. The van der Waals surface area contributed by atoms with Crippen molar-refractivity contribution in [2.75, 3.05) is 12.4 Å². The van der Waals surface area contributed by atoms with E-state index in [-0.39, 0.29) is 11.7 Å². The Morgan fingerprint density at radius 3 is 2.67 bits per heavy atom. The van der Waals surface area contributed by atoms with Gasteiger partial charge in [0.2, 0.25) is 0 Å². The minimum Gasteiger partial charge on any atom is -0.504 e. The summed E-state index contributed by atoms with van der Waals surface area (Å²) < 4.78 is 5.01. The van der Waals surface area contributed by atoms with Crippen LogP contribution in [0.15, 0.2) is 47.6 Å². The third kappa shape index (κ3) is 4.63. The Morgan fingerprint density at radius 2 is 2.00 bits per heavy atom. The number of hydrogen-bond donors (Lipinski definition) is 3. The molecule has 0 saturated carbocycles.